The Labute approximate surface area is 102 Å². The normalized spacial score (nSPS) is 12.2. The third kappa shape index (κ3) is 3.86. The van der Waals surface area contributed by atoms with Gasteiger partial charge in [-0.1, -0.05) is 30.7 Å². The molecule has 1 rings (SSSR count). The van der Waals surface area contributed by atoms with Crippen molar-refractivity contribution in [2.24, 2.45) is 5.92 Å². The lowest BCUT2D eigenvalue weighted by molar-refractivity contribution is -0.124. The number of halogens is 1. The first-order valence-electron chi connectivity index (χ1n) is 5.69. The Bertz CT molecular complexity index is 352. The molecular weight excluding hydrogens is 222 g/mol. The average molecular weight is 240 g/mol. The first-order valence-corrected chi connectivity index (χ1v) is 6.07. The summed E-state index contributed by atoms with van der Waals surface area (Å²) in [7, 11) is 0. The van der Waals surface area contributed by atoms with Crippen molar-refractivity contribution in [1.82, 2.24) is 5.32 Å². The van der Waals surface area contributed by atoms with E-state index < -0.39 is 0 Å². The Morgan fingerprint density at radius 1 is 1.44 bits per heavy atom. The van der Waals surface area contributed by atoms with E-state index >= 15 is 0 Å². The van der Waals surface area contributed by atoms with E-state index in [9.17, 15) is 4.79 Å². The fourth-order valence-corrected chi connectivity index (χ4v) is 1.90. The SMILES string of the molecule is CCNC(=O)[C@H](CC)Cc1cccc(Cl)c1. The molecule has 0 aromatic heterocycles. The van der Waals surface area contributed by atoms with Gasteiger partial charge in [0.05, 0.1) is 0 Å². The predicted octanol–water partition coefficient (Wildman–Crippen LogP) is 3.04. The maximum atomic E-state index is 11.7. The van der Waals surface area contributed by atoms with Crippen LogP contribution < -0.4 is 5.32 Å². The Morgan fingerprint density at radius 3 is 2.75 bits per heavy atom. The van der Waals surface area contributed by atoms with Gasteiger partial charge in [0.2, 0.25) is 5.91 Å². The third-order valence-corrected chi connectivity index (χ3v) is 2.82. The molecule has 0 aliphatic heterocycles. The Kier molecular flexibility index (Phi) is 5.33. The molecule has 0 saturated heterocycles. The summed E-state index contributed by atoms with van der Waals surface area (Å²) in [4.78, 5) is 11.7. The van der Waals surface area contributed by atoms with Gasteiger partial charge in [-0.15, -0.1) is 0 Å². The van der Waals surface area contributed by atoms with Crippen LogP contribution in [0.4, 0.5) is 0 Å². The van der Waals surface area contributed by atoms with Gasteiger partial charge in [-0.2, -0.15) is 0 Å². The summed E-state index contributed by atoms with van der Waals surface area (Å²) in [6.45, 7) is 4.65. The van der Waals surface area contributed by atoms with Crippen LogP contribution in [0, 0.1) is 5.92 Å². The molecule has 16 heavy (non-hydrogen) atoms. The van der Waals surface area contributed by atoms with Crippen LogP contribution in [0.15, 0.2) is 24.3 Å². The second kappa shape index (κ2) is 6.54. The molecule has 3 heteroatoms. The molecule has 0 heterocycles. The number of hydrogen-bond donors (Lipinski definition) is 1. The lowest BCUT2D eigenvalue weighted by Gasteiger charge is -2.14. The first-order chi connectivity index (χ1) is 7.67. The van der Waals surface area contributed by atoms with Gasteiger partial charge in [0.25, 0.3) is 0 Å². The van der Waals surface area contributed by atoms with Crippen LogP contribution in [-0.2, 0) is 11.2 Å². The molecule has 0 radical (unpaired) electrons. The molecule has 0 spiro atoms. The fraction of sp³-hybridized carbons (Fsp3) is 0.462. The minimum absolute atomic E-state index is 0.0402. The minimum Gasteiger partial charge on any atom is -0.356 e. The van der Waals surface area contributed by atoms with E-state index in [1.165, 1.54) is 0 Å². The van der Waals surface area contributed by atoms with Crippen LogP contribution in [0.25, 0.3) is 0 Å². The van der Waals surface area contributed by atoms with E-state index in [4.69, 9.17) is 11.6 Å². The number of carbonyl (C=O) groups is 1. The molecule has 1 aromatic rings. The van der Waals surface area contributed by atoms with Gasteiger partial charge in [-0.25, -0.2) is 0 Å². The van der Waals surface area contributed by atoms with Crippen molar-refractivity contribution in [1.29, 1.82) is 0 Å². The van der Waals surface area contributed by atoms with E-state index in [0.29, 0.717) is 6.54 Å². The van der Waals surface area contributed by atoms with Crippen LogP contribution in [0.3, 0.4) is 0 Å². The van der Waals surface area contributed by atoms with Crippen LogP contribution >= 0.6 is 11.6 Å². The Morgan fingerprint density at radius 2 is 2.19 bits per heavy atom. The third-order valence-electron chi connectivity index (χ3n) is 2.59. The molecule has 88 valence electrons. The van der Waals surface area contributed by atoms with E-state index in [2.05, 4.69) is 5.32 Å². The first kappa shape index (κ1) is 13.0. The van der Waals surface area contributed by atoms with Gasteiger partial charge in [-0.3, -0.25) is 4.79 Å². The molecule has 0 aliphatic carbocycles. The number of nitrogens with one attached hydrogen (secondary N) is 1. The van der Waals surface area contributed by atoms with Gasteiger partial charge >= 0.3 is 0 Å². The smallest absolute Gasteiger partial charge is 0.223 e. The molecule has 0 saturated carbocycles. The van der Waals surface area contributed by atoms with Crippen LogP contribution in [0.5, 0.6) is 0 Å². The molecule has 0 bridgehead atoms. The second-order valence-electron chi connectivity index (χ2n) is 3.83. The van der Waals surface area contributed by atoms with Gasteiger partial charge in [0.1, 0.15) is 0 Å². The summed E-state index contributed by atoms with van der Waals surface area (Å²) >= 11 is 5.91. The topological polar surface area (TPSA) is 29.1 Å². The highest BCUT2D eigenvalue weighted by molar-refractivity contribution is 6.30. The summed E-state index contributed by atoms with van der Waals surface area (Å²) in [6, 6.07) is 7.69. The largest absolute Gasteiger partial charge is 0.356 e. The zero-order valence-electron chi connectivity index (χ0n) is 9.79. The van der Waals surface area contributed by atoms with Crippen molar-refractivity contribution in [3.05, 3.63) is 34.9 Å². The summed E-state index contributed by atoms with van der Waals surface area (Å²) < 4.78 is 0. The molecule has 0 aliphatic rings. The number of rotatable bonds is 5. The Hall–Kier alpha value is -1.02. The average Bonchev–Trinajstić information content (AvgIpc) is 2.26. The number of benzene rings is 1. The van der Waals surface area contributed by atoms with Crippen molar-refractivity contribution in [2.45, 2.75) is 26.7 Å². The molecule has 2 nitrogen and oxygen atoms in total. The van der Waals surface area contributed by atoms with Crippen molar-refractivity contribution in [3.8, 4) is 0 Å². The monoisotopic (exact) mass is 239 g/mol. The standard InChI is InChI=1S/C13H18ClNO/c1-3-11(13(16)15-4-2)8-10-6-5-7-12(14)9-10/h5-7,9,11H,3-4,8H2,1-2H3,(H,15,16)/t11-/m1/s1. The van der Waals surface area contributed by atoms with Crippen molar-refractivity contribution >= 4 is 17.5 Å². The van der Waals surface area contributed by atoms with Crippen molar-refractivity contribution in [3.63, 3.8) is 0 Å². The second-order valence-corrected chi connectivity index (χ2v) is 4.27. The molecular formula is C13H18ClNO. The van der Waals surface area contributed by atoms with Crippen LogP contribution in [0.2, 0.25) is 5.02 Å². The lowest BCUT2D eigenvalue weighted by Crippen LogP contribution is -2.31. The van der Waals surface area contributed by atoms with Gasteiger partial charge < -0.3 is 5.32 Å². The maximum Gasteiger partial charge on any atom is 0.223 e. The highest BCUT2D eigenvalue weighted by atomic mass is 35.5. The predicted molar refractivity (Wildman–Crippen MR) is 67.6 cm³/mol. The van der Waals surface area contributed by atoms with Gasteiger partial charge in [-0.05, 0) is 37.5 Å². The molecule has 1 N–H and O–H groups in total. The summed E-state index contributed by atoms with van der Waals surface area (Å²) in [6.07, 6.45) is 1.60. The quantitative estimate of drug-likeness (QED) is 0.841. The van der Waals surface area contributed by atoms with Gasteiger partial charge in [0.15, 0.2) is 0 Å². The van der Waals surface area contributed by atoms with Crippen LogP contribution in [-0.4, -0.2) is 12.5 Å². The Balaban J connectivity index is 2.66. The zero-order valence-corrected chi connectivity index (χ0v) is 10.6. The fourth-order valence-electron chi connectivity index (χ4n) is 1.69. The zero-order chi connectivity index (χ0) is 12.0. The highest BCUT2D eigenvalue weighted by Gasteiger charge is 2.15. The molecule has 1 amide bonds. The molecule has 0 unspecified atom stereocenters. The lowest BCUT2D eigenvalue weighted by atomic mass is 9.96. The van der Waals surface area contributed by atoms with E-state index in [0.717, 1.165) is 23.4 Å². The minimum atomic E-state index is 0.0402. The summed E-state index contributed by atoms with van der Waals surface area (Å²) in [5, 5.41) is 3.58. The van der Waals surface area contributed by atoms with E-state index in [1.807, 2.05) is 38.1 Å². The van der Waals surface area contributed by atoms with Gasteiger partial charge in [0, 0.05) is 17.5 Å². The van der Waals surface area contributed by atoms with Crippen LogP contribution in [0.1, 0.15) is 25.8 Å². The van der Waals surface area contributed by atoms with E-state index in [-0.39, 0.29) is 11.8 Å². The summed E-state index contributed by atoms with van der Waals surface area (Å²) in [5.74, 6) is 0.170. The maximum absolute atomic E-state index is 11.7. The number of carbonyl (C=O) groups excluding carboxylic acids is 1. The summed E-state index contributed by atoms with van der Waals surface area (Å²) in [5.41, 5.74) is 1.12. The molecule has 1 aromatic carbocycles. The number of hydrogen-bond acceptors (Lipinski definition) is 1. The van der Waals surface area contributed by atoms with Crippen molar-refractivity contribution < 1.29 is 4.79 Å². The molecule has 0 fully saturated rings. The van der Waals surface area contributed by atoms with E-state index in [1.54, 1.807) is 0 Å². The molecule has 1 atom stereocenters. The number of amides is 1. The highest BCUT2D eigenvalue weighted by Crippen LogP contribution is 2.16. The van der Waals surface area contributed by atoms with Crippen molar-refractivity contribution in [2.75, 3.05) is 6.54 Å².